The second-order valence-electron chi connectivity index (χ2n) is 6.38. The van der Waals surface area contributed by atoms with Gasteiger partial charge in [0.05, 0.1) is 5.69 Å². The first-order valence-electron chi connectivity index (χ1n) is 7.05. The molecule has 2 aromatic carbocycles. The number of hydrogen-bond acceptors (Lipinski definition) is 2. The van der Waals surface area contributed by atoms with Gasteiger partial charge in [0.15, 0.2) is 0 Å². The van der Waals surface area contributed by atoms with Crippen LogP contribution in [-0.4, -0.2) is 0 Å². The van der Waals surface area contributed by atoms with Gasteiger partial charge >= 0.3 is 0 Å². The van der Waals surface area contributed by atoms with Crippen molar-refractivity contribution in [3.8, 4) is 5.75 Å². The molecule has 0 fully saturated rings. The van der Waals surface area contributed by atoms with Gasteiger partial charge in [0.2, 0.25) is 0 Å². The summed E-state index contributed by atoms with van der Waals surface area (Å²) in [5.74, 6) is 0.762. The summed E-state index contributed by atoms with van der Waals surface area (Å²) < 4.78 is 6.86. The SMILES string of the molecule is Cc1cc(Br)cc(N)c1OCc1ccc(C(C)(C)C)cc1. The van der Waals surface area contributed by atoms with Crippen molar-refractivity contribution in [1.82, 2.24) is 0 Å². The molecule has 2 N–H and O–H groups in total. The number of aryl methyl sites for hydroxylation is 1. The topological polar surface area (TPSA) is 35.2 Å². The largest absolute Gasteiger partial charge is 0.486 e. The minimum atomic E-state index is 0.173. The zero-order chi connectivity index (χ0) is 15.6. The molecule has 0 amide bonds. The lowest BCUT2D eigenvalue weighted by Gasteiger charge is -2.19. The summed E-state index contributed by atoms with van der Waals surface area (Å²) in [5.41, 5.74) is 10.3. The number of rotatable bonds is 3. The molecule has 3 heteroatoms. The molecule has 0 saturated carbocycles. The van der Waals surface area contributed by atoms with E-state index in [1.807, 2.05) is 19.1 Å². The molecule has 0 unspecified atom stereocenters. The van der Waals surface area contributed by atoms with E-state index in [4.69, 9.17) is 10.5 Å². The van der Waals surface area contributed by atoms with E-state index in [1.165, 1.54) is 5.56 Å². The van der Waals surface area contributed by atoms with Crippen molar-refractivity contribution < 1.29 is 4.74 Å². The Morgan fingerprint density at radius 1 is 1.10 bits per heavy atom. The van der Waals surface area contributed by atoms with E-state index in [0.29, 0.717) is 12.3 Å². The summed E-state index contributed by atoms with van der Waals surface area (Å²) in [5, 5.41) is 0. The van der Waals surface area contributed by atoms with Crippen molar-refractivity contribution in [2.45, 2.75) is 39.7 Å². The van der Waals surface area contributed by atoms with Gasteiger partial charge in [0.25, 0.3) is 0 Å². The highest BCUT2D eigenvalue weighted by molar-refractivity contribution is 9.10. The van der Waals surface area contributed by atoms with Crippen LogP contribution in [0.3, 0.4) is 0 Å². The fraction of sp³-hybridized carbons (Fsp3) is 0.333. The van der Waals surface area contributed by atoms with Crippen molar-refractivity contribution >= 4 is 21.6 Å². The van der Waals surface area contributed by atoms with E-state index in [-0.39, 0.29) is 5.41 Å². The van der Waals surface area contributed by atoms with Gasteiger partial charge in [0.1, 0.15) is 12.4 Å². The normalized spacial score (nSPS) is 11.5. The van der Waals surface area contributed by atoms with E-state index >= 15 is 0 Å². The smallest absolute Gasteiger partial charge is 0.145 e. The van der Waals surface area contributed by atoms with Crippen LogP contribution >= 0.6 is 15.9 Å². The van der Waals surface area contributed by atoms with Gasteiger partial charge in [-0.05, 0) is 41.2 Å². The molecular weight excluding hydrogens is 326 g/mol. The first-order chi connectivity index (χ1) is 9.77. The average Bonchev–Trinajstić information content (AvgIpc) is 2.37. The van der Waals surface area contributed by atoms with Crippen LogP contribution in [0.15, 0.2) is 40.9 Å². The first kappa shape index (κ1) is 15.9. The Kier molecular flexibility index (Phi) is 4.62. The molecule has 0 aromatic heterocycles. The van der Waals surface area contributed by atoms with Crippen LogP contribution in [-0.2, 0) is 12.0 Å². The van der Waals surface area contributed by atoms with Crippen LogP contribution in [0.5, 0.6) is 5.75 Å². The van der Waals surface area contributed by atoms with Crippen LogP contribution in [0.2, 0.25) is 0 Å². The summed E-state index contributed by atoms with van der Waals surface area (Å²) in [4.78, 5) is 0. The number of anilines is 1. The molecule has 0 aliphatic carbocycles. The Labute approximate surface area is 135 Å². The molecule has 0 aliphatic rings. The molecule has 2 aromatic rings. The van der Waals surface area contributed by atoms with E-state index in [1.54, 1.807) is 0 Å². The summed E-state index contributed by atoms with van der Waals surface area (Å²) in [7, 11) is 0. The van der Waals surface area contributed by atoms with Crippen molar-refractivity contribution in [1.29, 1.82) is 0 Å². The van der Waals surface area contributed by atoms with Gasteiger partial charge in [-0.2, -0.15) is 0 Å². The van der Waals surface area contributed by atoms with E-state index in [2.05, 4.69) is 61.0 Å². The Hall–Kier alpha value is -1.48. The molecule has 0 heterocycles. The highest BCUT2D eigenvalue weighted by Gasteiger charge is 2.13. The lowest BCUT2D eigenvalue weighted by molar-refractivity contribution is 0.305. The molecule has 112 valence electrons. The fourth-order valence-corrected chi connectivity index (χ4v) is 2.80. The lowest BCUT2D eigenvalue weighted by Crippen LogP contribution is -2.11. The molecular formula is C18H22BrNO. The second kappa shape index (κ2) is 6.10. The second-order valence-corrected chi connectivity index (χ2v) is 7.29. The van der Waals surface area contributed by atoms with Gasteiger partial charge in [-0.15, -0.1) is 0 Å². The van der Waals surface area contributed by atoms with Crippen LogP contribution in [0.4, 0.5) is 5.69 Å². The predicted octanol–water partition coefficient (Wildman–Crippen LogP) is 5.22. The monoisotopic (exact) mass is 347 g/mol. The van der Waals surface area contributed by atoms with E-state index < -0.39 is 0 Å². The van der Waals surface area contributed by atoms with Crippen LogP contribution in [0.1, 0.15) is 37.5 Å². The minimum Gasteiger partial charge on any atom is -0.486 e. The number of nitrogen functional groups attached to an aromatic ring is 1. The molecule has 0 saturated heterocycles. The van der Waals surface area contributed by atoms with Gasteiger partial charge in [-0.1, -0.05) is 61.0 Å². The minimum absolute atomic E-state index is 0.173. The molecule has 0 aliphatic heterocycles. The number of halogens is 1. The highest BCUT2D eigenvalue weighted by Crippen LogP contribution is 2.31. The molecule has 0 bridgehead atoms. The third kappa shape index (κ3) is 4.01. The molecule has 2 nitrogen and oxygen atoms in total. The van der Waals surface area contributed by atoms with Crippen molar-refractivity contribution in [2.75, 3.05) is 5.73 Å². The fourth-order valence-electron chi connectivity index (χ4n) is 2.21. The van der Waals surface area contributed by atoms with E-state index in [0.717, 1.165) is 21.3 Å². The van der Waals surface area contributed by atoms with Gasteiger partial charge in [-0.25, -0.2) is 0 Å². The zero-order valence-corrected chi connectivity index (χ0v) is 14.6. The number of nitrogens with two attached hydrogens (primary N) is 1. The maximum Gasteiger partial charge on any atom is 0.145 e. The van der Waals surface area contributed by atoms with Crippen LogP contribution < -0.4 is 10.5 Å². The number of ether oxygens (including phenoxy) is 1. The molecule has 0 atom stereocenters. The summed E-state index contributed by atoms with van der Waals surface area (Å²) in [6, 6.07) is 12.4. The van der Waals surface area contributed by atoms with Crippen molar-refractivity contribution in [3.05, 3.63) is 57.6 Å². The highest BCUT2D eigenvalue weighted by atomic mass is 79.9. The number of benzene rings is 2. The van der Waals surface area contributed by atoms with Crippen molar-refractivity contribution in [3.63, 3.8) is 0 Å². The quantitative estimate of drug-likeness (QED) is 0.772. The maximum atomic E-state index is 6.01. The Bertz CT molecular complexity index is 604. The Balaban J connectivity index is 2.10. The summed E-state index contributed by atoms with van der Waals surface area (Å²) in [6.45, 7) is 9.16. The van der Waals surface area contributed by atoms with Gasteiger partial charge < -0.3 is 10.5 Å². The van der Waals surface area contributed by atoms with Crippen molar-refractivity contribution in [2.24, 2.45) is 0 Å². The predicted molar refractivity (Wildman–Crippen MR) is 92.8 cm³/mol. The summed E-state index contributed by atoms with van der Waals surface area (Å²) in [6.07, 6.45) is 0. The molecule has 21 heavy (non-hydrogen) atoms. The van der Waals surface area contributed by atoms with E-state index in [9.17, 15) is 0 Å². The number of hydrogen-bond donors (Lipinski definition) is 1. The Morgan fingerprint density at radius 2 is 1.71 bits per heavy atom. The molecule has 0 radical (unpaired) electrons. The zero-order valence-electron chi connectivity index (χ0n) is 13.0. The van der Waals surface area contributed by atoms with Crippen LogP contribution in [0, 0.1) is 6.92 Å². The maximum absolute atomic E-state index is 6.01. The first-order valence-corrected chi connectivity index (χ1v) is 7.84. The van der Waals surface area contributed by atoms with Gasteiger partial charge in [0, 0.05) is 4.47 Å². The average molecular weight is 348 g/mol. The third-order valence-electron chi connectivity index (χ3n) is 3.47. The van der Waals surface area contributed by atoms with Gasteiger partial charge in [-0.3, -0.25) is 0 Å². The van der Waals surface area contributed by atoms with Crippen LogP contribution in [0.25, 0.3) is 0 Å². The molecule has 0 spiro atoms. The summed E-state index contributed by atoms with van der Waals surface area (Å²) >= 11 is 3.43. The molecule has 2 rings (SSSR count). The third-order valence-corrected chi connectivity index (χ3v) is 3.93. The Morgan fingerprint density at radius 3 is 2.24 bits per heavy atom. The lowest BCUT2D eigenvalue weighted by atomic mass is 9.87. The standard InChI is InChI=1S/C18H22BrNO/c1-12-9-15(19)10-16(20)17(12)21-11-13-5-7-14(8-6-13)18(2,3)4/h5-10H,11,20H2,1-4H3.